The summed E-state index contributed by atoms with van der Waals surface area (Å²) < 4.78 is 6.87. The Morgan fingerprint density at radius 1 is 1.71 bits per heavy atom. The molecule has 0 aliphatic heterocycles. The molecule has 1 rings (SSSR count). The van der Waals surface area contributed by atoms with E-state index in [-0.39, 0.29) is 6.04 Å². The molecule has 0 aromatic carbocycles. The summed E-state index contributed by atoms with van der Waals surface area (Å²) in [7, 11) is 3.57. The number of rotatable bonds is 5. The fourth-order valence-corrected chi connectivity index (χ4v) is 1.60. The quantitative estimate of drug-likeness (QED) is 0.812. The van der Waals surface area contributed by atoms with Crippen LogP contribution in [0.25, 0.3) is 0 Å². The van der Waals surface area contributed by atoms with Crippen LogP contribution in [0.15, 0.2) is 6.20 Å². The number of ether oxygens (including phenoxy) is 1. The topological polar surface area (TPSA) is 39.1 Å². The fraction of sp³-hybridized carbons (Fsp3) is 0.667. The van der Waals surface area contributed by atoms with Gasteiger partial charge in [-0.15, -0.1) is 0 Å². The number of hydrogen-bond acceptors (Lipinski definition) is 3. The van der Waals surface area contributed by atoms with Gasteiger partial charge < -0.3 is 10.1 Å². The van der Waals surface area contributed by atoms with Crippen molar-refractivity contribution < 1.29 is 4.74 Å². The molecule has 1 heterocycles. The van der Waals surface area contributed by atoms with Crippen LogP contribution in [0.3, 0.4) is 0 Å². The Morgan fingerprint density at radius 2 is 2.43 bits per heavy atom. The van der Waals surface area contributed by atoms with Gasteiger partial charge in [-0.05, 0) is 14.0 Å². The van der Waals surface area contributed by atoms with Gasteiger partial charge in [-0.1, -0.05) is 11.6 Å². The second-order valence-electron chi connectivity index (χ2n) is 3.10. The number of nitrogens with one attached hydrogen (secondary N) is 1. The van der Waals surface area contributed by atoms with Crippen molar-refractivity contribution >= 4 is 11.6 Å². The first kappa shape index (κ1) is 11.5. The van der Waals surface area contributed by atoms with E-state index >= 15 is 0 Å². The third-order valence-corrected chi connectivity index (χ3v) is 2.47. The molecule has 0 aliphatic carbocycles. The number of nitrogens with zero attached hydrogens (tertiary/aromatic N) is 2. The van der Waals surface area contributed by atoms with Gasteiger partial charge in [0, 0.05) is 13.2 Å². The molecule has 0 amide bonds. The van der Waals surface area contributed by atoms with Gasteiger partial charge in [0.25, 0.3) is 0 Å². The van der Waals surface area contributed by atoms with Crippen molar-refractivity contribution in [2.75, 3.05) is 20.8 Å². The first-order valence-corrected chi connectivity index (χ1v) is 4.96. The van der Waals surface area contributed by atoms with Crippen LogP contribution in [0, 0.1) is 0 Å². The molecule has 4 nitrogen and oxygen atoms in total. The molecular formula is C9H16ClN3O. The summed E-state index contributed by atoms with van der Waals surface area (Å²) in [6, 6.07) is 0.196. The highest BCUT2D eigenvalue weighted by Gasteiger charge is 2.14. The molecule has 1 unspecified atom stereocenters. The second kappa shape index (κ2) is 5.34. The average molecular weight is 218 g/mol. The van der Waals surface area contributed by atoms with Crippen LogP contribution in [-0.2, 0) is 11.3 Å². The highest BCUT2D eigenvalue weighted by atomic mass is 35.5. The highest BCUT2D eigenvalue weighted by molar-refractivity contribution is 6.31. The highest BCUT2D eigenvalue weighted by Crippen LogP contribution is 2.21. The van der Waals surface area contributed by atoms with E-state index in [0.29, 0.717) is 11.6 Å². The van der Waals surface area contributed by atoms with Crippen molar-refractivity contribution in [2.24, 2.45) is 0 Å². The van der Waals surface area contributed by atoms with Crippen molar-refractivity contribution in [2.45, 2.75) is 19.5 Å². The summed E-state index contributed by atoms with van der Waals surface area (Å²) >= 11 is 6.03. The maximum absolute atomic E-state index is 6.03. The zero-order valence-corrected chi connectivity index (χ0v) is 9.51. The molecule has 0 spiro atoms. The Kier molecular flexibility index (Phi) is 4.38. The smallest absolute Gasteiger partial charge is 0.0834 e. The van der Waals surface area contributed by atoms with Crippen LogP contribution < -0.4 is 5.32 Å². The normalized spacial score (nSPS) is 13.1. The van der Waals surface area contributed by atoms with Crippen molar-refractivity contribution in [1.82, 2.24) is 15.1 Å². The minimum Gasteiger partial charge on any atom is -0.383 e. The summed E-state index contributed by atoms with van der Waals surface area (Å²) in [5.41, 5.74) is 1.01. The van der Waals surface area contributed by atoms with Crippen LogP contribution in [0.1, 0.15) is 18.7 Å². The number of halogens is 1. The van der Waals surface area contributed by atoms with Crippen LogP contribution >= 0.6 is 11.6 Å². The summed E-state index contributed by atoms with van der Waals surface area (Å²) in [4.78, 5) is 0. The van der Waals surface area contributed by atoms with E-state index in [1.54, 1.807) is 13.3 Å². The lowest BCUT2D eigenvalue weighted by atomic mass is 10.2. The maximum Gasteiger partial charge on any atom is 0.0834 e. The molecule has 0 saturated carbocycles. The Labute approximate surface area is 89.2 Å². The molecule has 1 N–H and O–H groups in total. The molecule has 0 bridgehead atoms. The molecular weight excluding hydrogens is 202 g/mol. The van der Waals surface area contributed by atoms with Gasteiger partial charge in [-0.25, -0.2) is 0 Å². The van der Waals surface area contributed by atoms with Crippen LogP contribution in [0.5, 0.6) is 0 Å². The van der Waals surface area contributed by atoms with E-state index in [9.17, 15) is 0 Å². The monoisotopic (exact) mass is 217 g/mol. The first-order valence-electron chi connectivity index (χ1n) is 4.58. The van der Waals surface area contributed by atoms with Crippen molar-refractivity contribution in [3.8, 4) is 0 Å². The molecule has 1 atom stereocenters. The first-order chi connectivity index (χ1) is 6.70. The lowest BCUT2D eigenvalue weighted by molar-refractivity contribution is 0.182. The van der Waals surface area contributed by atoms with Gasteiger partial charge in [-0.2, -0.15) is 5.10 Å². The predicted octanol–water partition coefficient (Wildman–Crippen LogP) is 1.46. The number of aromatic nitrogens is 2. The molecule has 0 aliphatic rings. The van der Waals surface area contributed by atoms with Crippen LogP contribution in [0.2, 0.25) is 5.02 Å². The molecule has 80 valence electrons. The molecule has 0 saturated heterocycles. The molecule has 0 fully saturated rings. The van der Waals surface area contributed by atoms with Crippen molar-refractivity contribution in [3.05, 3.63) is 16.9 Å². The van der Waals surface area contributed by atoms with Crippen LogP contribution in [0.4, 0.5) is 0 Å². The summed E-state index contributed by atoms with van der Waals surface area (Å²) in [6.45, 7) is 3.41. The van der Waals surface area contributed by atoms with Crippen molar-refractivity contribution in [1.29, 1.82) is 0 Å². The maximum atomic E-state index is 6.03. The number of methoxy groups -OCH3 is 1. The van der Waals surface area contributed by atoms with E-state index in [2.05, 4.69) is 10.4 Å². The SMILES string of the molecule is CNC(C)c1c(Cl)cnn1CCOC. The van der Waals surface area contributed by atoms with Gasteiger partial charge in [0.2, 0.25) is 0 Å². The predicted molar refractivity (Wildman–Crippen MR) is 56.6 cm³/mol. The summed E-state index contributed by atoms with van der Waals surface area (Å²) in [5, 5.41) is 8.02. The number of hydrogen-bond donors (Lipinski definition) is 1. The Bertz CT molecular complexity index is 288. The lowest BCUT2D eigenvalue weighted by Gasteiger charge is -2.13. The third kappa shape index (κ3) is 2.47. The molecule has 5 heteroatoms. The standard InChI is InChI=1S/C9H16ClN3O/c1-7(11-2)9-8(10)6-12-13(9)4-5-14-3/h6-7,11H,4-5H2,1-3H3. The lowest BCUT2D eigenvalue weighted by Crippen LogP contribution is -2.19. The van der Waals surface area contributed by atoms with E-state index in [1.807, 2.05) is 18.7 Å². The summed E-state index contributed by atoms with van der Waals surface area (Å²) in [5.74, 6) is 0. The largest absolute Gasteiger partial charge is 0.383 e. The zero-order chi connectivity index (χ0) is 10.6. The van der Waals surface area contributed by atoms with Gasteiger partial charge in [0.05, 0.1) is 30.1 Å². The van der Waals surface area contributed by atoms with E-state index in [1.165, 1.54) is 0 Å². The Morgan fingerprint density at radius 3 is 3.00 bits per heavy atom. The summed E-state index contributed by atoms with van der Waals surface area (Å²) in [6.07, 6.45) is 1.67. The molecule has 1 aromatic rings. The Hall–Kier alpha value is -0.580. The average Bonchev–Trinajstić information content (AvgIpc) is 2.55. The van der Waals surface area contributed by atoms with Crippen LogP contribution in [-0.4, -0.2) is 30.5 Å². The van der Waals surface area contributed by atoms with E-state index in [0.717, 1.165) is 12.2 Å². The van der Waals surface area contributed by atoms with Crippen molar-refractivity contribution in [3.63, 3.8) is 0 Å². The van der Waals surface area contributed by atoms with Gasteiger partial charge >= 0.3 is 0 Å². The zero-order valence-electron chi connectivity index (χ0n) is 8.75. The molecule has 1 aromatic heterocycles. The Balaban J connectivity index is 2.82. The minimum absolute atomic E-state index is 0.196. The van der Waals surface area contributed by atoms with E-state index in [4.69, 9.17) is 16.3 Å². The van der Waals surface area contributed by atoms with E-state index < -0.39 is 0 Å². The van der Waals surface area contributed by atoms with Gasteiger partial charge in [0.1, 0.15) is 0 Å². The van der Waals surface area contributed by atoms with Gasteiger partial charge in [0.15, 0.2) is 0 Å². The van der Waals surface area contributed by atoms with Gasteiger partial charge in [-0.3, -0.25) is 4.68 Å². The second-order valence-corrected chi connectivity index (χ2v) is 3.51. The molecule has 14 heavy (non-hydrogen) atoms. The fourth-order valence-electron chi connectivity index (χ4n) is 1.30. The third-order valence-electron chi connectivity index (χ3n) is 2.18. The minimum atomic E-state index is 0.196. The molecule has 0 radical (unpaired) electrons.